The van der Waals surface area contributed by atoms with Crippen LogP contribution in [0.2, 0.25) is 5.02 Å². The smallest absolute Gasteiger partial charge is 0.293 e. The van der Waals surface area contributed by atoms with E-state index in [4.69, 9.17) is 27.5 Å². The van der Waals surface area contributed by atoms with Gasteiger partial charge in [0.25, 0.3) is 11.1 Å². The summed E-state index contributed by atoms with van der Waals surface area (Å²) < 4.78 is 11.8. The molecule has 1 saturated heterocycles. The second-order valence-electron chi connectivity index (χ2n) is 6.15. The molecule has 0 N–H and O–H groups in total. The summed E-state index contributed by atoms with van der Waals surface area (Å²) in [6.45, 7) is 2.54. The zero-order valence-electron chi connectivity index (χ0n) is 16.0. The van der Waals surface area contributed by atoms with Crippen LogP contribution in [-0.2, 0) is 11.3 Å². The molecule has 30 heavy (non-hydrogen) atoms. The van der Waals surface area contributed by atoms with Gasteiger partial charge in [0.05, 0.1) is 22.5 Å². The highest BCUT2D eigenvalue weighted by atomic mass is 79.9. The van der Waals surface area contributed by atoms with E-state index in [1.54, 1.807) is 36.4 Å². The van der Waals surface area contributed by atoms with Crippen molar-refractivity contribution in [2.45, 2.75) is 13.5 Å². The second-order valence-corrected chi connectivity index (χ2v) is 8.44. The van der Waals surface area contributed by atoms with Crippen LogP contribution in [0.25, 0.3) is 6.08 Å². The van der Waals surface area contributed by atoms with E-state index in [-0.39, 0.29) is 24.3 Å². The van der Waals surface area contributed by atoms with Gasteiger partial charge in [-0.1, -0.05) is 29.7 Å². The number of hydrogen-bond acceptors (Lipinski definition) is 5. The van der Waals surface area contributed by atoms with Gasteiger partial charge in [-0.3, -0.25) is 14.5 Å². The average molecular weight is 507 g/mol. The van der Waals surface area contributed by atoms with Crippen LogP contribution in [0.4, 0.5) is 4.79 Å². The summed E-state index contributed by atoms with van der Waals surface area (Å²) in [5, 5.41) is 0.222. The summed E-state index contributed by atoms with van der Waals surface area (Å²) in [6.07, 6.45) is 6.92. The predicted octanol–water partition coefficient (Wildman–Crippen LogP) is 5.75. The molecular formula is C22H17BrClNO4S. The Balaban J connectivity index is 1.86. The fourth-order valence-corrected chi connectivity index (χ4v) is 4.42. The Hall–Kier alpha value is -2.40. The highest BCUT2D eigenvalue weighted by molar-refractivity contribution is 9.10. The molecule has 0 aliphatic carbocycles. The van der Waals surface area contributed by atoms with Gasteiger partial charge < -0.3 is 9.47 Å². The molecule has 1 fully saturated rings. The monoisotopic (exact) mass is 505 g/mol. The Morgan fingerprint density at radius 2 is 2.07 bits per heavy atom. The average Bonchev–Trinajstić information content (AvgIpc) is 2.95. The number of ether oxygens (including phenoxy) is 2. The Morgan fingerprint density at radius 1 is 1.27 bits per heavy atom. The van der Waals surface area contributed by atoms with Crippen molar-refractivity contribution in [2.75, 3.05) is 13.2 Å². The van der Waals surface area contributed by atoms with Gasteiger partial charge in [0.2, 0.25) is 0 Å². The molecule has 0 aromatic heterocycles. The van der Waals surface area contributed by atoms with E-state index in [0.717, 1.165) is 17.3 Å². The largest absolute Gasteiger partial charge is 0.490 e. The third kappa shape index (κ3) is 5.20. The molecule has 3 rings (SSSR count). The van der Waals surface area contributed by atoms with Crippen molar-refractivity contribution < 1.29 is 19.1 Å². The number of amides is 2. The van der Waals surface area contributed by atoms with E-state index in [9.17, 15) is 9.59 Å². The van der Waals surface area contributed by atoms with Gasteiger partial charge in [0, 0.05) is 5.02 Å². The quantitative estimate of drug-likeness (QED) is 0.353. The first-order chi connectivity index (χ1) is 14.4. The lowest BCUT2D eigenvalue weighted by molar-refractivity contribution is -0.123. The first kappa shape index (κ1) is 22.3. The van der Waals surface area contributed by atoms with E-state index in [1.807, 2.05) is 13.0 Å². The fraction of sp³-hybridized carbons (Fsp3) is 0.182. The summed E-state index contributed by atoms with van der Waals surface area (Å²) in [5.41, 5.74) is 1.47. The van der Waals surface area contributed by atoms with Gasteiger partial charge in [0.1, 0.15) is 6.61 Å². The topological polar surface area (TPSA) is 55.8 Å². The number of carbonyl (C=O) groups is 2. The molecule has 0 radical (unpaired) electrons. The Labute approximate surface area is 192 Å². The fourth-order valence-electron chi connectivity index (χ4n) is 2.79. The molecule has 2 aromatic carbocycles. The molecule has 0 spiro atoms. The van der Waals surface area contributed by atoms with Crippen LogP contribution in [0.5, 0.6) is 11.5 Å². The third-order valence-electron chi connectivity index (χ3n) is 4.03. The highest BCUT2D eigenvalue weighted by Gasteiger charge is 2.35. The third-order valence-corrected chi connectivity index (χ3v) is 5.76. The van der Waals surface area contributed by atoms with Crippen LogP contribution in [0.1, 0.15) is 18.1 Å². The number of imide groups is 1. The molecule has 5 nitrogen and oxygen atoms in total. The van der Waals surface area contributed by atoms with Crippen LogP contribution in [0, 0.1) is 12.3 Å². The van der Waals surface area contributed by atoms with Crippen LogP contribution < -0.4 is 9.47 Å². The van der Waals surface area contributed by atoms with Crippen molar-refractivity contribution in [3.05, 3.63) is 61.9 Å². The van der Waals surface area contributed by atoms with E-state index < -0.39 is 0 Å². The predicted molar refractivity (Wildman–Crippen MR) is 123 cm³/mol. The van der Waals surface area contributed by atoms with Gasteiger partial charge in [-0.25, -0.2) is 0 Å². The van der Waals surface area contributed by atoms with Crippen molar-refractivity contribution in [2.24, 2.45) is 0 Å². The Morgan fingerprint density at radius 3 is 2.77 bits per heavy atom. The molecule has 2 aromatic rings. The molecule has 1 aliphatic rings. The van der Waals surface area contributed by atoms with Gasteiger partial charge >= 0.3 is 0 Å². The van der Waals surface area contributed by atoms with Gasteiger partial charge in [-0.2, -0.15) is 0 Å². The van der Waals surface area contributed by atoms with Crippen LogP contribution in [0.3, 0.4) is 0 Å². The summed E-state index contributed by atoms with van der Waals surface area (Å²) in [6, 6.07) is 10.6. The van der Waals surface area contributed by atoms with E-state index in [2.05, 4.69) is 21.9 Å². The SMILES string of the molecule is C#CCOc1c(Br)cc(/C=C2\SC(=O)N(Cc3cccc(Cl)c3)C2=O)cc1OCC. The molecule has 8 heteroatoms. The van der Waals surface area contributed by atoms with Crippen molar-refractivity contribution in [1.29, 1.82) is 0 Å². The minimum absolute atomic E-state index is 0.0976. The summed E-state index contributed by atoms with van der Waals surface area (Å²) in [5.74, 6) is 3.04. The maximum atomic E-state index is 12.8. The lowest BCUT2D eigenvalue weighted by atomic mass is 10.1. The number of hydrogen-bond donors (Lipinski definition) is 0. The molecule has 0 bridgehead atoms. The van der Waals surface area contributed by atoms with E-state index in [0.29, 0.717) is 38.1 Å². The van der Waals surface area contributed by atoms with Crippen LogP contribution >= 0.6 is 39.3 Å². The Kier molecular flexibility index (Phi) is 7.48. The summed E-state index contributed by atoms with van der Waals surface area (Å²) in [7, 11) is 0. The number of carbonyl (C=O) groups excluding carboxylic acids is 2. The van der Waals surface area contributed by atoms with Crippen molar-refractivity contribution in [1.82, 2.24) is 4.90 Å². The van der Waals surface area contributed by atoms with Crippen molar-refractivity contribution in [3.8, 4) is 23.8 Å². The lowest BCUT2D eigenvalue weighted by Gasteiger charge is -2.13. The molecule has 0 unspecified atom stereocenters. The minimum atomic E-state index is -0.355. The molecule has 2 amide bonds. The lowest BCUT2D eigenvalue weighted by Crippen LogP contribution is -2.27. The molecule has 0 atom stereocenters. The van der Waals surface area contributed by atoms with Crippen LogP contribution in [-0.4, -0.2) is 29.3 Å². The number of thioether (sulfide) groups is 1. The molecule has 0 saturated carbocycles. The zero-order chi connectivity index (χ0) is 21.7. The van der Waals surface area contributed by atoms with Crippen molar-refractivity contribution in [3.63, 3.8) is 0 Å². The number of rotatable bonds is 7. The standard InChI is InChI=1S/C22H17BrClNO4S/c1-3-8-29-20-17(23)10-15(11-18(20)28-4-2)12-19-21(26)25(22(27)30-19)13-14-6-5-7-16(24)9-14/h1,5-7,9-12H,4,8,13H2,2H3/b19-12-. The van der Waals surface area contributed by atoms with E-state index >= 15 is 0 Å². The number of terminal acetylenes is 1. The van der Waals surface area contributed by atoms with Crippen molar-refractivity contribution >= 4 is 56.5 Å². The number of halogens is 2. The normalized spacial score (nSPS) is 14.9. The maximum Gasteiger partial charge on any atom is 0.293 e. The van der Waals surface area contributed by atoms with Crippen LogP contribution in [0.15, 0.2) is 45.8 Å². The zero-order valence-corrected chi connectivity index (χ0v) is 19.1. The first-order valence-electron chi connectivity index (χ1n) is 8.95. The second kappa shape index (κ2) is 10.1. The Bertz CT molecular complexity index is 1060. The molecule has 1 aliphatic heterocycles. The van der Waals surface area contributed by atoms with E-state index in [1.165, 1.54) is 4.90 Å². The first-order valence-corrected chi connectivity index (χ1v) is 10.9. The van der Waals surface area contributed by atoms with Gasteiger partial charge in [-0.05, 0) is 76.1 Å². The molecule has 1 heterocycles. The molecule has 154 valence electrons. The highest BCUT2D eigenvalue weighted by Crippen LogP contribution is 2.39. The summed E-state index contributed by atoms with van der Waals surface area (Å²) in [4.78, 5) is 26.7. The summed E-state index contributed by atoms with van der Waals surface area (Å²) >= 11 is 10.3. The number of benzene rings is 2. The minimum Gasteiger partial charge on any atom is -0.490 e. The van der Waals surface area contributed by atoms with Gasteiger partial charge in [-0.15, -0.1) is 6.42 Å². The maximum absolute atomic E-state index is 12.8. The van der Waals surface area contributed by atoms with Gasteiger partial charge in [0.15, 0.2) is 11.5 Å². The number of nitrogens with zero attached hydrogens (tertiary/aromatic N) is 1. The molecular weight excluding hydrogens is 490 g/mol.